The maximum Gasteiger partial charge on any atom is 0.244 e. The third kappa shape index (κ3) is 7.58. The number of nitrogens with one attached hydrogen (secondary N) is 1. The van der Waals surface area contributed by atoms with Crippen LogP contribution in [-0.2, 0) is 26.2 Å². The molecule has 2 rings (SSSR count). The fourth-order valence-electron chi connectivity index (χ4n) is 3.10. The van der Waals surface area contributed by atoms with E-state index in [1.807, 2.05) is 13.8 Å². The van der Waals surface area contributed by atoms with Crippen LogP contribution in [0.25, 0.3) is 0 Å². The maximum atomic E-state index is 13.4. The molecule has 0 aliphatic heterocycles. The molecule has 0 fully saturated rings. The molecule has 7 nitrogen and oxygen atoms in total. The van der Waals surface area contributed by atoms with Gasteiger partial charge in [-0.25, -0.2) is 12.8 Å². The van der Waals surface area contributed by atoms with E-state index in [4.69, 9.17) is 23.2 Å². The Labute approximate surface area is 209 Å². The maximum absolute atomic E-state index is 13.4. The summed E-state index contributed by atoms with van der Waals surface area (Å²) in [7, 11) is -3.90. The molecule has 0 unspecified atom stereocenters. The number of hydrogen-bond acceptors (Lipinski definition) is 4. The third-order valence-corrected chi connectivity index (χ3v) is 7.05. The summed E-state index contributed by atoms with van der Waals surface area (Å²) in [5, 5.41) is 3.55. The number of hydrogen-bond donors (Lipinski definition) is 1. The second-order valence-corrected chi connectivity index (χ2v) is 10.7. The van der Waals surface area contributed by atoms with Crippen LogP contribution in [-0.4, -0.2) is 50.0 Å². The van der Waals surface area contributed by atoms with Crippen LogP contribution in [0, 0.1) is 5.82 Å². The molecule has 0 saturated carbocycles. The van der Waals surface area contributed by atoms with Crippen LogP contribution < -0.4 is 9.62 Å². The largest absolute Gasteiger partial charge is 0.352 e. The SMILES string of the molecule is CC[C@H](C)NC(=O)[C@@H](C)N(Cc1ccc(Cl)cc1Cl)C(=O)CN(c1ccc(F)cc1)S(C)(=O)=O. The number of carbonyl (C=O) groups excluding carboxylic acids is 2. The molecule has 186 valence electrons. The number of amides is 2. The van der Waals surface area contributed by atoms with Crippen LogP contribution >= 0.6 is 23.2 Å². The minimum atomic E-state index is -3.90. The van der Waals surface area contributed by atoms with Crippen LogP contribution in [0.1, 0.15) is 32.8 Å². The van der Waals surface area contributed by atoms with Crippen LogP contribution in [0.2, 0.25) is 10.0 Å². The second-order valence-electron chi connectivity index (χ2n) is 8.00. The normalized spacial score (nSPS) is 13.1. The molecule has 2 atom stereocenters. The van der Waals surface area contributed by atoms with Gasteiger partial charge in [-0.1, -0.05) is 36.2 Å². The lowest BCUT2D eigenvalue weighted by atomic mass is 10.1. The molecule has 0 bridgehead atoms. The van der Waals surface area contributed by atoms with Gasteiger partial charge in [-0.3, -0.25) is 13.9 Å². The molecule has 11 heteroatoms. The Morgan fingerprint density at radius 3 is 2.24 bits per heavy atom. The summed E-state index contributed by atoms with van der Waals surface area (Å²) in [6.45, 7) is 4.68. The van der Waals surface area contributed by atoms with E-state index in [9.17, 15) is 22.4 Å². The average molecular weight is 532 g/mol. The van der Waals surface area contributed by atoms with Crippen molar-refractivity contribution in [3.8, 4) is 0 Å². The van der Waals surface area contributed by atoms with E-state index in [1.54, 1.807) is 19.1 Å². The summed E-state index contributed by atoms with van der Waals surface area (Å²) in [5.74, 6) is -1.56. The molecular weight excluding hydrogens is 504 g/mol. The van der Waals surface area contributed by atoms with Crippen molar-refractivity contribution in [3.63, 3.8) is 0 Å². The number of sulfonamides is 1. The second kappa shape index (κ2) is 11.9. The predicted octanol–water partition coefficient (Wildman–Crippen LogP) is 4.23. The summed E-state index contributed by atoms with van der Waals surface area (Å²) in [4.78, 5) is 27.5. The Balaban J connectivity index is 2.41. The molecule has 2 aromatic carbocycles. The molecule has 0 aliphatic rings. The number of benzene rings is 2. The summed E-state index contributed by atoms with van der Waals surface area (Å²) in [6.07, 6.45) is 1.64. The van der Waals surface area contributed by atoms with Crippen LogP contribution in [0.3, 0.4) is 0 Å². The average Bonchev–Trinajstić information content (AvgIpc) is 2.76. The number of halogens is 3. The van der Waals surface area contributed by atoms with Gasteiger partial charge in [0.05, 0.1) is 11.9 Å². The Morgan fingerprint density at radius 2 is 1.71 bits per heavy atom. The minimum absolute atomic E-state index is 0.0506. The van der Waals surface area contributed by atoms with E-state index in [0.29, 0.717) is 22.0 Å². The lowest BCUT2D eigenvalue weighted by Gasteiger charge is -2.32. The van der Waals surface area contributed by atoms with Crippen molar-refractivity contribution in [2.75, 3.05) is 17.1 Å². The zero-order chi connectivity index (χ0) is 25.6. The van der Waals surface area contributed by atoms with Gasteiger partial charge in [-0.15, -0.1) is 0 Å². The van der Waals surface area contributed by atoms with Crippen molar-refractivity contribution >= 4 is 50.7 Å². The van der Waals surface area contributed by atoms with Gasteiger partial charge in [0.1, 0.15) is 18.4 Å². The number of anilines is 1. The first-order chi connectivity index (χ1) is 15.8. The summed E-state index contributed by atoms with van der Waals surface area (Å²) in [5.41, 5.74) is 0.661. The van der Waals surface area contributed by atoms with E-state index >= 15 is 0 Å². The fraction of sp³-hybridized carbons (Fsp3) is 0.391. The lowest BCUT2D eigenvalue weighted by molar-refractivity contribution is -0.139. The van der Waals surface area contributed by atoms with Crippen molar-refractivity contribution in [1.29, 1.82) is 0 Å². The lowest BCUT2D eigenvalue weighted by Crippen LogP contribution is -2.52. The predicted molar refractivity (Wildman–Crippen MR) is 133 cm³/mol. The monoisotopic (exact) mass is 531 g/mol. The molecule has 34 heavy (non-hydrogen) atoms. The Morgan fingerprint density at radius 1 is 1.09 bits per heavy atom. The highest BCUT2D eigenvalue weighted by molar-refractivity contribution is 7.92. The van der Waals surface area contributed by atoms with Crippen molar-refractivity contribution < 1.29 is 22.4 Å². The Bertz CT molecular complexity index is 1130. The number of nitrogens with zero attached hydrogens (tertiary/aromatic N) is 2. The van der Waals surface area contributed by atoms with Gasteiger partial charge in [0.15, 0.2) is 0 Å². The molecular formula is C23H28Cl2FN3O4S. The van der Waals surface area contributed by atoms with Crippen LogP contribution in [0.15, 0.2) is 42.5 Å². The molecule has 0 aliphatic carbocycles. The standard InChI is InChI=1S/C23H28Cl2FN3O4S/c1-5-15(2)27-23(31)16(3)28(13-17-6-7-18(24)12-21(17)25)22(30)14-29(34(4,32)33)20-10-8-19(26)9-11-20/h6-12,15-16H,5,13-14H2,1-4H3,(H,27,31)/t15-,16+/m0/s1. The fourth-order valence-corrected chi connectivity index (χ4v) is 4.42. The van der Waals surface area contributed by atoms with E-state index < -0.39 is 34.3 Å². The highest BCUT2D eigenvalue weighted by Crippen LogP contribution is 2.24. The summed E-state index contributed by atoms with van der Waals surface area (Å²) >= 11 is 12.3. The minimum Gasteiger partial charge on any atom is -0.352 e. The van der Waals surface area contributed by atoms with Gasteiger partial charge < -0.3 is 10.2 Å². The van der Waals surface area contributed by atoms with Gasteiger partial charge in [-0.2, -0.15) is 0 Å². The van der Waals surface area contributed by atoms with E-state index in [1.165, 1.54) is 23.1 Å². The zero-order valence-electron chi connectivity index (χ0n) is 19.4. The first-order valence-corrected chi connectivity index (χ1v) is 13.2. The highest BCUT2D eigenvalue weighted by atomic mass is 35.5. The molecule has 2 amide bonds. The van der Waals surface area contributed by atoms with E-state index in [2.05, 4.69) is 5.32 Å². The number of carbonyl (C=O) groups is 2. The first kappa shape index (κ1) is 27.9. The van der Waals surface area contributed by atoms with Crippen LogP contribution in [0.4, 0.5) is 10.1 Å². The summed E-state index contributed by atoms with van der Waals surface area (Å²) < 4.78 is 39.1. The topological polar surface area (TPSA) is 86.8 Å². The zero-order valence-corrected chi connectivity index (χ0v) is 21.7. The quantitative estimate of drug-likeness (QED) is 0.496. The Hall–Kier alpha value is -2.36. The highest BCUT2D eigenvalue weighted by Gasteiger charge is 2.30. The van der Waals surface area contributed by atoms with Crippen molar-refractivity contribution in [2.45, 2.75) is 45.8 Å². The molecule has 1 N–H and O–H groups in total. The summed E-state index contributed by atoms with van der Waals surface area (Å²) in [6, 6.07) is 8.46. The van der Waals surface area contributed by atoms with Crippen LogP contribution in [0.5, 0.6) is 0 Å². The molecule has 0 spiro atoms. The molecule has 0 saturated heterocycles. The molecule has 2 aromatic rings. The molecule has 0 heterocycles. The van der Waals surface area contributed by atoms with Crippen molar-refractivity contribution in [2.24, 2.45) is 0 Å². The van der Waals surface area contributed by atoms with Gasteiger partial charge >= 0.3 is 0 Å². The van der Waals surface area contributed by atoms with Crippen molar-refractivity contribution in [3.05, 3.63) is 63.9 Å². The molecule has 0 aromatic heterocycles. The Kier molecular flexibility index (Phi) is 9.73. The van der Waals surface area contributed by atoms with E-state index in [0.717, 1.165) is 22.7 Å². The van der Waals surface area contributed by atoms with Gasteiger partial charge in [-0.05, 0) is 62.2 Å². The number of rotatable bonds is 10. The van der Waals surface area contributed by atoms with Gasteiger partial charge in [0.2, 0.25) is 21.8 Å². The van der Waals surface area contributed by atoms with Crippen molar-refractivity contribution in [1.82, 2.24) is 10.2 Å². The third-order valence-electron chi connectivity index (χ3n) is 5.32. The van der Waals surface area contributed by atoms with Gasteiger partial charge in [0, 0.05) is 22.6 Å². The first-order valence-electron chi connectivity index (χ1n) is 10.6. The molecule has 0 radical (unpaired) electrons. The van der Waals surface area contributed by atoms with Gasteiger partial charge in [0.25, 0.3) is 0 Å². The smallest absolute Gasteiger partial charge is 0.244 e. The van der Waals surface area contributed by atoms with E-state index in [-0.39, 0.29) is 24.2 Å².